The molecule has 0 fully saturated rings. The van der Waals surface area contributed by atoms with Crippen molar-refractivity contribution in [3.05, 3.63) is 71.8 Å². The van der Waals surface area contributed by atoms with Gasteiger partial charge in [0.1, 0.15) is 17.6 Å². The van der Waals surface area contributed by atoms with Crippen LogP contribution in [0.4, 0.5) is 0 Å². The van der Waals surface area contributed by atoms with Crippen LogP contribution >= 0.6 is 0 Å². The Bertz CT molecular complexity index is 1090. The maximum absolute atomic E-state index is 12.5. The number of carbonyl (C=O) groups excluding carboxylic acids is 2. The van der Waals surface area contributed by atoms with E-state index in [0.717, 1.165) is 5.56 Å². The molecular formula is C26H28O5. The van der Waals surface area contributed by atoms with Gasteiger partial charge in [-0.1, -0.05) is 63.4 Å². The first-order valence-electron chi connectivity index (χ1n) is 10.3. The second-order valence-corrected chi connectivity index (χ2v) is 8.22. The van der Waals surface area contributed by atoms with E-state index < -0.39 is 18.0 Å². The van der Waals surface area contributed by atoms with Gasteiger partial charge in [0.25, 0.3) is 0 Å². The van der Waals surface area contributed by atoms with E-state index in [1.54, 1.807) is 13.8 Å². The lowest BCUT2D eigenvalue weighted by Gasteiger charge is -2.28. The topological polar surface area (TPSA) is 61.8 Å². The van der Waals surface area contributed by atoms with Gasteiger partial charge in [-0.2, -0.15) is 0 Å². The first kappa shape index (κ1) is 22.5. The molecule has 1 unspecified atom stereocenters. The molecule has 3 rings (SSSR count). The van der Waals surface area contributed by atoms with Gasteiger partial charge >= 0.3 is 11.9 Å². The highest BCUT2D eigenvalue weighted by Gasteiger charge is 2.30. The summed E-state index contributed by atoms with van der Waals surface area (Å²) in [7, 11) is 0. The van der Waals surface area contributed by atoms with Crippen molar-refractivity contribution >= 4 is 22.7 Å². The third-order valence-corrected chi connectivity index (χ3v) is 4.87. The van der Waals surface area contributed by atoms with Gasteiger partial charge in [-0.25, -0.2) is 9.59 Å². The van der Waals surface area contributed by atoms with Crippen LogP contribution in [0.25, 0.3) is 10.8 Å². The molecule has 0 saturated heterocycles. The second-order valence-electron chi connectivity index (χ2n) is 8.22. The van der Waals surface area contributed by atoms with Crippen LogP contribution in [0.2, 0.25) is 0 Å². The Morgan fingerprint density at radius 2 is 1.55 bits per heavy atom. The van der Waals surface area contributed by atoms with Gasteiger partial charge in [-0.05, 0) is 26.2 Å². The van der Waals surface area contributed by atoms with Gasteiger partial charge in [0, 0.05) is 33.0 Å². The van der Waals surface area contributed by atoms with Crippen LogP contribution in [0.3, 0.4) is 0 Å². The van der Waals surface area contributed by atoms with Gasteiger partial charge in [0.2, 0.25) is 0 Å². The minimum Gasteiger partial charge on any atom is -0.422 e. The normalized spacial score (nSPS) is 14.9. The maximum Gasteiger partial charge on any atom is 0.338 e. The van der Waals surface area contributed by atoms with Crippen LogP contribution in [0, 0.1) is 5.92 Å². The Kier molecular flexibility index (Phi) is 6.76. The molecule has 1 aliphatic carbocycles. The lowest BCUT2D eigenvalue weighted by atomic mass is 9.88. The predicted molar refractivity (Wildman–Crippen MR) is 121 cm³/mol. The number of ether oxygens (including phenoxy) is 3. The van der Waals surface area contributed by atoms with Crippen LogP contribution in [-0.4, -0.2) is 18.5 Å². The third kappa shape index (κ3) is 4.78. The molecule has 0 heterocycles. The van der Waals surface area contributed by atoms with Crippen LogP contribution in [0.5, 0.6) is 11.5 Å². The predicted octanol–water partition coefficient (Wildman–Crippen LogP) is 5.63. The molecule has 2 aromatic rings. The number of hydrogen-bond acceptors (Lipinski definition) is 5. The summed E-state index contributed by atoms with van der Waals surface area (Å²) in [5.74, 6) is 0.147. The largest absolute Gasteiger partial charge is 0.422 e. The molecule has 5 nitrogen and oxygen atoms in total. The lowest BCUT2D eigenvalue weighted by Crippen LogP contribution is -2.19. The van der Waals surface area contributed by atoms with Crippen molar-refractivity contribution in [1.29, 1.82) is 0 Å². The summed E-state index contributed by atoms with van der Waals surface area (Å²) in [5, 5.41) is 1.34. The van der Waals surface area contributed by atoms with Crippen LogP contribution < -0.4 is 9.47 Å². The number of fused-ring (bicyclic) bond motifs is 2. The van der Waals surface area contributed by atoms with E-state index in [9.17, 15) is 9.59 Å². The summed E-state index contributed by atoms with van der Waals surface area (Å²) < 4.78 is 17.8. The molecule has 0 saturated carbocycles. The van der Waals surface area contributed by atoms with Crippen molar-refractivity contribution in [3.63, 3.8) is 0 Å². The average Bonchev–Trinajstić information content (AvgIpc) is 2.73. The Morgan fingerprint density at radius 1 is 1.00 bits per heavy atom. The molecule has 0 aromatic heterocycles. The molecule has 31 heavy (non-hydrogen) atoms. The van der Waals surface area contributed by atoms with E-state index in [0.29, 0.717) is 57.9 Å². The van der Waals surface area contributed by atoms with Crippen molar-refractivity contribution in [2.75, 3.05) is 6.61 Å². The van der Waals surface area contributed by atoms with E-state index in [2.05, 4.69) is 27.0 Å². The highest BCUT2D eigenvalue weighted by Crippen LogP contribution is 2.47. The fraction of sp³-hybridized carbons (Fsp3) is 0.308. The van der Waals surface area contributed by atoms with E-state index in [-0.39, 0.29) is 0 Å². The smallest absolute Gasteiger partial charge is 0.338 e. The number of esters is 2. The summed E-state index contributed by atoms with van der Waals surface area (Å²) in [4.78, 5) is 24.9. The quantitative estimate of drug-likeness (QED) is 0.251. The molecule has 0 N–H and O–H groups in total. The molecule has 0 bridgehead atoms. The fourth-order valence-corrected chi connectivity index (χ4v) is 3.38. The molecule has 0 radical (unpaired) electrons. The van der Waals surface area contributed by atoms with E-state index in [1.165, 1.54) is 0 Å². The highest BCUT2D eigenvalue weighted by molar-refractivity contribution is 6.01. The number of rotatable bonds is 7. The minimum absolute atomic E-state index is 0.293. The first-order chi connectivity index (χ1) is 14.7. The first-order valence-corrected chi connectivity index (χ1v) is 10.3. The summed E-state index contributed by atoms with van der Waals surface area (Å²) in [6.45, 7) is 15.3. The molecule has 0 spiro atoms. The van der Waals surface area contributed by atoms with E-state index >= 15 is 0 Å². The molecule has 1 aliphatic rings. The third-order valence-electron chi connectivity index (χ3n) is 4.87. The van der Waals surface area contributed by atoms with Crippen molar-refractivity contribution in [2.45, 2.75) is 40.2 Å². The zero-order valence-corrected chi connectivity index (χ0v) is 18.5. The molecule has 2 aromatic carbocycles. The molecule has 0 aliphatic heterocycles. The molecule has 1 atom stereocenters. The number of carbonyl (C=O) groups is 2. The van der Waals surface area contributed by atoms with Crippen molar-refractivity contribution in [3.8, 4) is 11.5 Å². The van der Waals surface area contributed by atoms with Crippen molar-refractivity contribution < 1.29 is 23.8 Å². The van der Waals surface area contributed by atoms with Crippen molar-refractivity contribution in [1.82, 2.24) is 0 Å². The average molecular weight is 421 g/mol. The van der Waals surface area contributed by atoms with E-state index in [1.807, 2.05) is 36.4 Å². The van der Waals surface area contributed by atoms with Gasteiger partial charge in [-0.3, -0.25) is 0 Å². The van der Waals surface area contributed by atoms with Crippen LogP contribution in [-0.2, 0) is 20.7 Å². The minimum atomic E-state index is -0.517. The number of hydrogen-bond donors (Lipinski definition) is 0. The maximum atomic E-state index is 12.5. The van der Waals surface area contributed by atoms with Crippen molar-refractivity contribution in [2.24, 2.45) is 5.92 Å². The zero-order chi connectivity index (χ0) is 22.7. The van der Waals surface area contributed by atoms with Gasteiger partial charge in [-0.15, -0.1) is 0 Å². The molecule has 162 valence electrons. The standard InChI is InChI=1S/C26H28O5/c1-15(2)14-29-21-13-9-12-20-22(21)24(31-26(28)17(5)6)19-11-8-7-10-18(19)23(20)30-25(27)16(3)4/h7-11,13,15,21H,3,5,12,14H2,1-2,4,6H3. The van der Waals surface area contributed by atoms with Crippen LogP contribution in [0.15, 0.2) is 60.7 Å². The zero-order valence-electron chi connectivity index (χ0n) is 18.5. The van der Waals surface area contributed by atoms with E-state index in [4.69, 9.17) is 14.2 Å². The highest BCUT2D eigenvalue weighted by atomic mass is 16.5. The van der Waals surface area contributed by atoms with Gasteiger partial charge in [0.15, 0.2) is 0 Å². The summed E-state index contributed by atoms with van der Waals surface area (Å²) in [6.07, 6.45) is 4.00. The number of allylic oxidation sites excluding steroid dienone is 1. The fourth-order valence-electron chi connectivity index (χ4n) is 3.38. The van der Waals surface area contributed by atoms with Crippen LogP contribution in [0.1, 0.15) is 44.9 Å². The number of benzene rings is 2. The summed E-state index contributed by atoms with van der Waals surface area (Å²) in [5.41, 5.74) is 2.05. The molecule has 5 heteroatoms. The molecule has 0 amide bonds. The Balaban J connectivity index is 2.29. The SMILES string of the molecule is C=C(C)C(=O)Oc1c2c(c(OC(=O)C(=C)C)c3ccccc13)C(OCC(C)C)C=CC2. The summed E-state index contributed by atoms with van der Waals surface area (Å²) in [6, 6.07) is 7.38. The lowest BCUT2D eigenvalue weighted by molar-refractivity contribution is -0.131. The van der Waals surface area contributed by atoms with Gasteiger partial charge < -0.3 is 14.2 Å². The Labute approximate surface area is 183 Å². The molecular weight excluding hydrogens is 392 g/mol. The summed E-state index contributed by atoms with van der Waals surface area (Å²) >= 11 is 0. The monoisotopic (exact) mass is 420 g/mol. The Hall–Kier alpha value is -3.18. The van der Waals surface area contributed by atoms with Gasteiger partial charge in [0.05, 0.1) is 6.61 Å². The second kappa shape index (κ2) is 9.31. The Morgan fingerprint density at radius 3 is 2.10 bits per heavy atom.